The fourth-order valence-electron chi connectivity index (χ4n) is 1.51. The van der Waals surface area contributed by atoms with E-state index in [0.717, 1.165) is 24.3 Å². The van der Waals surface area contributed by atoms with E-state index < -0.39 is 0 Å². The zero-order valence-electron chi connectivity index (χ0n) is 9.33. The normalized spacial score (nSPS) is 10.7. The predicted molar refractivity (Wildman–Crippen MR) is 63.5 cm³/mol. The Kier molecular flexibility index (Phi) is 3.25. The van der Waals surface area contributed by atoms with E-state index in [4.69, 9.17) is 16.0 Å². The van der Waals surface area contributed by atoms with Crippen LogP contribution in [0.5, 0.6) is 0 Å². The number of hydrogen-bond donors (Lipinski definition) is 0. The van der Waals surface area contributed by atoms with Crippen LogP contribution in [0.1, 0.15) is 24.8 Å². The summed E-state index contributed by atoms with van der Waals surface area (Å²) in [5.74, 6) is 2.07. The van der Waals surface area contributed by atoms with Gasteiger partial charge in [-0.1, -0.05) is 24.9 Å². The van der Waals surface area contributed by atoms with Crippen molar-refractivity contribution in [3.05, 3.63) is 34.8 Å². The second-order valence-corrected chi connectivity index (χ2v) is 4.05. The highest BCUT2D eigenvalue weighted by Crippen LogP contribution is 2.20. The van der Waals surface area contributed by atoms with Crippen molar-refractivity contribution in [2.24, 2.45) is 0 Å². The van der Waals surface area contributed by atoms with Gasteiger partial charge in [-0.3, -0.25) is 0 Å². The number of aromatic nitrogens is 2. The average Bonchev–Trinajstić information content (AvgIpc) is 2.64. The van der Waals surface area contributed by atoms with Gasteiger partial charge in [0, 0.05) is 5.69 Å². The Morgan fingerprint density at radius 2 is 2.12 bits per heavy atom. The van der Waals surface area contributed by atoms with Gasteiger partial charge < -0.3 is 4.42 Å². The van der Waals surface area contributed by atoms with Crippen molar-refractivity contribution in [2.75, 3.05) is 0 Å². The van der Waals surface area contributed by atoms with Crippen molar-refractivity contribution in [3.8, 4) is 11.6 Å². The quantitative estimate of drug-likeness (QED) is 0.764. The highest BCUT2D eigenvalue weighted by atomic mass is 35.5. The summed E-state index contributed by atoms with van der Waals surface area (Å²) in [5.41, 5.74) is 0.951. The summed E-state index contributed by atoms with van der Waals surface area (Å²) < 4.78 is 5.47. The first-order valence-corrected chi connectivity index (χ1v) is 5.67. The lowest BCUT2D eigenvalue weighted by molar-refractivity contribution is 0.543. The number of hydrogen-bond acceptors (Lipinski definition) is 3. The van der Waals surface area contributed by atoms with Crippen molar-refractivity contribution in [2.45, 2.75) is 26.7 Å². The van der Waals surface area contributed by atoms with Gasteiger partial charge in [0.15, 0.2) is 11.6 Å². The lowest BCUT2D eigenvalue weighted by atomic mass is 10.2. The summed E-state index contributed by atoms with van der Waals surface area (Å²) in [6.07, 6.45) is 1.93. The molecular weight excluding hydrogens is 224 g/mol. The molecule has 0 unspecified atom stereocenters. The molecule has 0 atom stereocenters. The summed E-state index contributed by atoms with van der Waals surface area (Å²) in [6.45, 7) is 3.99. The Hall–Kier alpha value is -1.35. The fourth-order valence-corrected chi connectivity index (χ4v) is 1.72. The molecule has 2 aromatic heterocycles. The molecule has 2 rings (SSSR count). The summed E-state index contributed by atoms with van der Waals surface area (Å²) in [4.78, 5) is 8.58. The predicted octanol–water partition coefficient (Wildman–Crippen LogP) is 3.65. The van der Waals surface area contributed by atoms with Gasteiger partial charge in [0.1, 0.15) is 10.9 Å². The minimum atomic E-state index is 0.461. The molecule has 16 heavy (non-hydrogen) atoms. The van der Waals surface area contributed by atoms with Crippen LogP contribution >= 0.6 is 11.6 Å². The zero-order valence-corrected chi connectivity index (χ0v) is 10.1. The molecule has 4 heteroatoms. The first kappa shape index (κ1) is 11.1. The van der Waals surface area contributed by atoms with E-state index in [1.807, 2.05) is 19.1 Å². The zero-order chi connectivity index (χ0) is 11.5. The van der Waals surface area contributed by atoms with E-state index in [1.54, 1.807) is 6.07 Å². The summed E-state index contributed by atoms with van der Waals surface area (Å²) in [7, 11) is 0. The number of halogens is 1. The van der Waals surface area contributed by atoms with Gasteiger partial charge >= 0.3 is 0 Å². The SMILES string of the molecule is CCCc1cc(Cl)nc(-c2ccc(C)o2)n1. The second-order valence-electron chi connectivity index (χ2n) is 3.67. The molecule has 0 N–H and O–H groups in total. The van der Waals surface area contributed by atoms with Crippen LogP contribution in [-0.4, -0.2) is 9.97 Å². The Balaban J connectivity index is 2.40. The van der Waals surface area contributed by atoms with Crippen LogP contribution in [0, 0.1) is 6.92 Å². The molecule has 0 fully saturated rings. The molecule has 2 aromatic rings. The molecule has 84 valence electrons. The van der Waals surface area contributed by atoms with Crippen LogP contribution < -0.4 is 0 Å². The van der Waals surface area contributed by atoms with Gasteiger partial charge in [0.25, 0.3) is 0 Å². The maximum absolute atomic E-state index is 5.95. The van der Waals surface area contributed by atoms with E-state index in [9.17, 15) is 0 Å². The minimum absolute atomic E-state index is 0.461. The van der Waals surface area contributed by atoms with Crippen LogP contribution in [0.2, 0.25) is 5.15 Å². The van der Waals surface area contributed by atoms with Crippen molar-refractivity contribution >= 4 is 11.6 Å². The smallest absolute Gasteiger partial charge is 0.197 e. The Bertz CT molecular complexity index is 494. The summed E-state index contributed by atoms with van der Waals surface area (Å²) >= 11 is 5.95. The molecule has 3 nitrogen and oxygen atoms in total. The lowest BCUT2D eigenvalue weighted by Gasteiger charge is -2.01. The van der Waals surface area contributed by atoms with E-state index in [0.29, 0.717) is 16.7 Å². The number of nitrogens with zero attached hydrogens (tertiary/aromatic N) is 2. The third-order valence-electron chi connectivity index (χ3n) is 2.21. The first-order chi connectivity index (χ1) is 7.69. The molecule has 0 saturated heterocycles. The second kappa shape index (κ2) is 4.66. The van der Waals surface area contributed by atoms with E-state index in [-0.39, 0.29) is 0 Å². The molecule has 0 aliphatic carbocycles. The third-order valence-corrected chi connectivity index (χ3v) is 2.41. The van der Waals surface area contributed by atoms with Gasteiger partial charge in [-0.25, -0.2) is 9.97 Å². The first-order valence-electron chi connectivity index (χ1n) is 5.29. The van der Waals surface area contributed by atoms with Crippen LogP contribution in [0.15, 0.2) is 22.6 Å². The monoisotopic (exact) mass is 236 g/mol. The molecule has 0 amide bonds. The van der Waals surface area contributed by atoms with Gasteiger partial charge in [0.2, 0.25) is 0 Å². The topological polar surface area (TPSA) is 38.9 Å². The van der Waals surface area contributed by atoms with Crippen LogP contribution in [0.3, 0.4) is 0 Å². The van der Waals surface area contributed by atoms with Crippen LogP contribution in [0.4, 0.5) is 0 Å². The summed E-state index contributed by atoms with van der Waals surface area (Å²) in [6, 6.07) is 5.54. The minimum Gasteiger partial charge on any atom is -0.458 e. The Morgan fingerprint density at radius 1 is 1.31 bits per heavy atom. The third kappa shape index (κ3) is 2.42. The van der Waals surface area contributed by atoms with Crippen LogP contribution in [-0.2, 0) is 6.42 Å². The highest BCUT2D eigenvalue weighted by Gasteiger charge is 2.08. The largest absolute Gasteiger partial charge is 0.458 e. The van der Waals surface area contributed by atoms with Crippen molar-refractivity contribution in [1.82, 2.24) is 9.97 Å². The number of furan rings is 1. The number of rotatable bonds is 3. The van der Waals surface area contributed by atoms with Gasteiger partial charge in [-0.15, -0.1) is 0 Å². The number of aryl methyl sites for hydroxylation is 2. The lowest BCUT2D eigenvalue weighted by Crippen LogP contribution is -1.95. The van der Waals surface area contributed by atoms with Gasteiger partial charge in [0.05, 0.1) is 0 Å². The maximum atomic E-state index is 5.95. The standard InChI is InChI=1S/C12H13ClN2O/c1-3-4-9-7-11(13)15-12(14-9)10-6-5-8(2)16-10/h5-7H,3-4H2,1-2H3. The molecule has 0 aliphatic heterocycles. The van der Waals surface area contributed by atoms with Gasteiger partial charge in [-0.05, 0) is 31.5 Å². The molecular formula is C12H13ClN2O. The molecule has 0 radical (unpaired) electrons. The van der Waals surface area contributed by atoms with E-state index >= 15 is 0 Å². The molecule has 0 spiro atoms. The highest BCUT2D eigenvalue weighted by molar-refractivity contribution is 6.29. The molecule has 0 saturated carbocycles. The molecule has 0 bridgehead atoms. The van der Waals surface area contributed by atoms with Crippen molar-refractivity contribution in [1.29, 1.82) is 0 Å². The van der Waals surface area contributed by atoms with Crippen LogP contribution in [0.25, 0.3) is 11.6 Å². The molecule has 0 aromatic carbocycles. The Morgan fingerprint density at radius 3 is 2.75 bits per heavy atom. The molecule has 2 heterocycles. The summed E-state index contributed by atoms with van der Waals surface area (Å²) in [5, 5.41) is 0.461. The van der Waals surface area contributed by atoms with Gasteiger partial charge in [-0.2, -0.15) is 0 Å². The van der Waals surface area contributed by atoms with E-state index in [1.165, 1.54) is 0 Å². The van der Waals surface area contributed by atoms with Crippen molar-refractivity contribution in [3.63, 3.8) is 0 Å². The Labute approximate surface area is 99.5 Å². The fraction of sp³-hybridized carbons (Fsp3) is 0.333. The van der Waals surface area contributed by atoms with E-state index in [2.05, 4.69) is 16.9 Å². The maximum Gasteiger partial charge on any atom is 0.197 e. The van der Waals surface area contributed by atoms with Crippen molar-refractivity contribution < 1.29 is 4.42 Å². The molecule has 0 aliphatic rings. The average molecular weight is 237 g/mol.